The second kappa shape index (κ2) is 6.86. The van der Waals surface area contributed by atoms with Crippen LogP contribution in [0.2, 0.25) is 0 Å². The lowest BCUT2D eigenvalue weighted by Gasteiger charge is -2.17. The normalized spacial score (nSPS) is 13.2. The van der Waals surface area contributed by atoms with E-state index in [0.717, 1.165) is 17.5 Å². The van der Waals surface area contributed by atoms with Crippen LogP contribution in [0.1, 0.15) is 6.42 Å². The van der Waals surface area contributed by atoms with E-state index in [9.17, 15) is 14.4 Å². The Labute approximate surface area is 134 Å². The van der Waals surface area contributed by atoms with Crippen LogP contribution in [0.25, 0.3) is 0 Å². The van der Waals surface area contributed by atoms with Crippen molar-refractivity contribution in [1.29, 1.82) is 0 Å². The number of hydrogen-bond acceptors (Lipinski definition) is 6. The zero-order valence-corrected chi connectivity index (χ0v) is 14.0. The van der Waals surface area contributed by atoms with Crippen molar-refractivity contribution in [3.8, 4) is 0 Å². The van der Waals surface area contributed by atoms with E-state index in [1.807, 2.05) is 14.1 Å². The van der Waals surface area contributed by atoms with Crippen LogP contribution in [0, 0.1) is 0 Å². The van der Waals surface area contributed by atoms with Gasteiger partial charge >= 0.3 is 5.69 Å². The van der Waals surface area contributed by atoms with E-state index in [-0.39, 0.29) is 12.5 Å². The van der Waals surface area contributed by atoms with E-state index in [0.29, 0.717) is 24.7 Å². The molecule has 1 aliphatic heterocycles. The monoisotopic (exact) mass is 324 g/mol. The predicted molar refractivity (Wildman–Crippen MR) is 88.9 cm³/mol. The van der Waals surface area contributed by atoms with Crippen LogP contribution in [-0.2, 0) is 18.9 Å². The minimum Gasteiger partial charge on any atom is -0.355 e. The van der Waals surface area contributed by atoms with Crippen molar-refractivity contribution in [2.45, 2.75) is 6.42 Å². The summed E-state index contributed by atoms with van der Waals surface area (Å²) >= 11 is 0. The molecule has 2 N–H and O–H groups in total. The number of carbonyl (C=O) groups is 1. The third-order valence-corrected chi connectivity index (χ3v) is 3.83. The SMILES string of the molecule is CN(C)CCCNC(=O)CN1CNc2c1c(=O)n(C)c(=O)n2C. The first-order valence-corrected chi connectivity index (χ1v) is 7.53. The summed E-state index contributed by atoms with van der Waals surface area (Å²) in [5.41, 5.74) is -0.428. The third kappa shape index (κ3) is 3.55. The van der Waals surface area contributed by atoms with Gasteiger partial charge in [-0.25, -0.2) is 4.79 Å². The van der Waals surface area contributed by atoms with E-state index < -0.39 is 11.2 Å². The van der Waals surface area contributed by atoms with Gasteiger partial charge in [0.25, 0.3) is 5.56 Å². The van der Waals surface area contributed by atoms with E-state index in [1.54, 1.807) is 11.9 Å². The van der Waals surface area contributed by atoms with Gasteiger partial charge in [-0.3, -0.25) is 18.7 Å². The molecule has 0 bridgehead atoms. The Hall–Kier alpha value is -2.29. The molecule has 0 aromatic carbocycles. The lowest BCUT2D eigenvalue weighted by atomic mass is 10.3. The molecular weight excluding hydrogens is 300 g/mol. The highest BCUT2D eigenvalue weighted by atomic mass is 16.2. The highest BCUT2D eigenvalue weighted by Crippen LogP contribution is 2.24. The van der Waals surface area contributed by atoms with Crippen molar-refractivity contribution in [2.75, 3.05) is 50.6 Å². The maximum atomic E-state index is 12.3. The van der Waals surface area contributed by atoms with E-state index >= 15 is 0 Å². The molecule has 9 heteroatoms. The smallest absolute Gasteiger partial charge is 0.332 e. The Morgan fingerprint density at radius 1 is 1.26 bits per heavy atom. The molecule has 0 radical (unpaired) electrons. The lowest BCUT2D eigenvalue weighted by Crippen LogP contribution is -2.42. The number of nitrogens with zero attached hydrogens (tertiary/aromatic N) is 4. The molecule has 128 valence electrons. The van der Waals surface area contributed by atoms with Gasteiger partial charge in [-0.15, -0.1) is 0 Å². The molecule has 2 rings (SSSR count). The average molecular weight is 324 g/mol. The zero-order chi connectivity index (χ0) is 17.1. The zero-order valence-electron chi connectivity index (χ0n) is 14.0. The van der Waals surface area contributed by atoms with Crippen LogP contribution >= 0.6 is 0 Å². The second-order valence-electron chi connectivity index (χ2n) is 5.94. The second-order valence-corrected chi connectivity index (χ2v) is 5.94. The number of fused-ring (bicyclic) bond motifs is 1. The van der Waals surface area contributed by atoms with Gasteiger partial charge in [0.2, 0.25) is 5.91 Å². The molecule has 0 aliphatic carbocycles. The summed E-state index contributed by atoms with van der Waals surface area (Å²) in [6.45, 7) is 1.90. The lowest BCUT2D eigenvalue weighted by molar-refractivity contribution is -0.119. The van der Waals surface area contributed by atoms with Gasteiger partial charge in [-0.05, 0) is 27.1 Å². The molecule has 2 heterocycles. The summed E-state index contributed by atoms with van der Waals surface area (Å²) in [4.78, 5) is 39.9. The molecule has 1 aromatic rings. The largest absolute Gasteiger partial charge is 0.355 e. The van der Waals surface area contributed by atoms with Gasteiger partial charge in [-0.1, -0.05) is 0 Å². The number of amides is 1. The maximum absolute atomic E-state index is 12.3. The fourth-order valence-electron chi connectivity index (χ4n) is 2.55. The van der Waals surface area contributed by atoms with Crippen molar-refractivity contribution in [3.63, 3.8) is 0 Å². The van der Waals surface area contributed by atoms with E-state index in [4.69, 9.17) is 0 Å². The van der Waals surface area contributed by atoms with Crippen molar-refractivity contribution in [2.24, 2.45) is 14.1 Å². The van der Waals surface area contributed by atoms with Gasteiger partial charge in [0.05, 0.1) is 13.2 Å². The first-order valence-electron chi connectivity index (χ1n) is 7.53. The predicted octanol–water partition coefficient (Wildman–Crippen LogP) is -1.66. The van der Waals surface area contributed by atoms with Crippen molar-refractivity contribution >= 4 is 17.4 Å². The van der Waals surface area contributed by atoms with Gasteiger partial charge in [0, 0.05) is 20.6 Å². The van der Waals surface area contributed by atoms with E-state index in [2.05, 4.69) is 15.5 Å². The standard InChI is InChI=1S/C14H24N6O3/c1-17(2)7-5-6-15-10(21)8-20-9-16-12-11(20)13(22)19(4)14(23)18(12)3/h16H,5-9H2,1-4H3,(H,15,21). The molecule has 0 saturated carbocycles. The van der Waals surface area contributed by atoms with Crippen molar-refractivity contribution in [3.05, 3.63) is 20.8 Å². The highest BCUT2D eigenvalue weighted by Gasteiger charge is 2.27. The Balaban J connectivity index is 2.05. The number of hydrogen-bond donors (Lipinski definition) is 2. The van der Waals surface area contributed by atoms with Crippen LogP contribution < -0.4 is 26.8 Å². The molecule has 1 aromatic heterocycles. The highest BCUT2D eigenvalue weighted by molar-refractivity contribution is 5.84. The number of carbonyl (C=O) groups excluding carboxylic acids is 1. The summed E-state index contributed by atoms with van der Waals surface area (Å²) in [7, 11) is 6.99. The molecule has 0 spiro atoms. The molecular formula is C14H24N6O3. The Morgan fingerprint density at radius 2 is 1.96 bits per heavy atom. The summed E-state index contributed by atoms with van der Waals surface area (Å²) in [5, 5.41) is 5.85. The molecule has 1 aliphatic rings. The number of anilines is 2. The van der Waals surface area contributed by atoms with Crippen LogP contribution in [-0.4, -0.2) is 60.3 Å². The number of aromatic nitrogens is 2. The topological polar surface area (TPSA) is 91.6 Å². The first kappa shape index (κ1) is 17.1. The maximum Gasteiger partial charge on any atom is 0.332 e. The third-order valence-electron chi connectivity index (χ3n) is 3.83. The Bertz CT molecular complexity index is 706. The molecule has 0 fully saturated rings. The summed E-state index contributed by atoms with van der Waals surface area (Å²) in [5.74, 6) is 0.313. The fraction of sp³-hybridized carbons (Fsp3) is 0.643. The Kier molecular flexibility index (Phi) is 5.09. The van der Waals surface area contributed by atoms with Crippen LogP contribution in [0.3, 0.4) is 0 Å². The molecule has 0 atom stereocenters. The van der Waals surface area contributed by atoms with E-state index in [1.165, 1.54) is 11.6 Å². The summed E-state index contributed by atoms with van der Waals surface area (Å²) in [6, 6.07) is 0. The molecule has 0 saturated heterocycles. The number of nitrogens with one attached hydrogen (secondary N) is 2. The summed E-state index contributed by atoms with van der Waals surface area (Å²) < 4.78 is 2.43. The minimum atomic E-state index is -0.395. The van der Waals surface area contributed by atoms with Crippen LogP contribution in [0.4, 0.5) is 11.5 Å². The van der Waals surface area contributed by atoms with Crippen LogP contribution in [0.15, 0.2) is 9.59 Å². The van der Waals surface area contributed by atoms with Crippen molar-refractivity contribution < 1.29 is 4.79 Å². The van der Waals surface area contributed by atoms with Gasteiger partial charge in [0.1, 0.15) is 11.5 Å². The van der Waals surface area contributed by atoms with Gasteiger partial charge in [0.15, 0.2) is 0 Å². The molecule has 9 nitrogen and oxygen atoms in total. The quantitative estimate of drug-likeness (QED) is 0.609. The van der Waals surface area contributed by atoms with Crippen molar-refractivity contribution in [1.82, 2.24) is 19.4 Å². The first-order chi connectivity index (χ1) is 10.8. The minimum absolute atomic E-state index is 0.0788. The van der Waals surface area contributed by atoms with Crippen LogP contribution in [0.5, 0.6) is 0 Å². The number of rotatable bonds is 6. The molecule has 23 heavy (non-hydrogen) atoms. The Morgan fingerprint density at radius 3 is 2.61 bits per heavy atom. The summed E-state index contributed by atoms with van der Waals surface area (Å²) in [6.07, 6.45) is 0.865. The van der Waals surface area contributed by atoms with Gasteiger partial charge in [-0.2, -0.15) is 0 Å². The molecule has 0 unspecified atom stereocenters. The van der Waals surface area contributed by atoms with Gasteiger partial charge < -0.3 is 20.4 Å². The molecule has 1 amide bonds. The fourth-order valence-corrected chi connectivity index (χ4v) is 2.55. The average Bonchev–Trinajstić information content (AvgIpc) is 2.91.